The fourth-order valence-corrected chi connectivity index (χ4v) is 3.72. The van der Waals surface area contributed by atoms with E-state index < -0.39 is 0 Å². The lowest BCUT2D eigenvalue weighted by Crippen LogP contribution is -2.22. The third kappa shape index (κ3) is 2.28. The maximum Gasteiger partial charge on any atom is 0.106 e. The zero-order valence-electron chi connectivity index (χ0n) is 12.1. The third-order valence-corrected chi connectivity index (χ3v) is 4.60. The lowest BCUT2D eigenvalue weighted by Gasteiger charge is -2.18. The molecule has 0 saturated heterocycles. The van der Waals surface area contributed by atoms with Gasteiger partial charge in [0.1, 0.15) is 11.5 Å². The van der Waals surface area contributed by atoms with Crippen LogP contribution in [0, 0.1) is 13.8 Å². The number of fused-ring (bicyclic) bond motifs is 1. The Balaban J connectivity index is 2.15. The van der Waals surface area contributed by atoms with Crippen molar-refractivity contribution in [3.05, 3.63) is 58.4 Å². The molecule has 3 aromatic rings. The Morgan fingerprint density at radius 1 is 1.20 bits per heavy atom. The first-order chi connectivity index (χ1) is 9.70. The second-order valence-corrected chi connectivity index (χ2v) is 5.96. The molecule has 2 nitrogen and oxygen atoms in total. The molecule has 104 valence electrons. The highest BCUT2D eigenvalue weighted by Crippen LogP contribution is 2.34. The highest BCUT2D eigenvalue weighted by Gasteiger charge is 2.20. The van der Waals surface area contributed by atoms with Gasteiger partial charge in [-0.25, -0.2) is 0 Å². The molecular weight excluding hydrogens is 266 g/mol. The maximum absolute atomic E-state index is 5.72. The second kappa shape index (κ2) is 5.43. The van der Waals surface area contributed by atoms with Crippen molar-refractivity contribution in [2.45, 2.75) is 26.8 Å². The van der Waals surface area contributed by atoms with Crippen LogP contribution in [0.1, 0.15) is 35.6 Å². The molecule has 0 bridgehead atoms. The summed E-state index contributed by atoms with van der Waals surface area (Å²) in [6.07, 6.45) is 0. The van der Waals surface area contributed by atoms with Gasteiger partial charge in [-0.05, 0) is 48.9 Å². The van der Waals surface area contributed by atoms with E-state index >= 15 is 0 Å². The number of thiophene rings is 1. The minimum atomic E-state index is 0.194. The number of benzene rings is 1. The van der Waals surface area contributed by atoms with Gasteiger partial charge in [0.05, 0.1) is 6.04 Å². The van der Waals surface area contributed by atoms with Crippen molar-refractivity contribution in [3.63, 3.8) is 0 Å². The number of rotatable bonds is 4. The van der Waals surface area contributed by atoms with Crippen LogP contribution in [-0.2, 0) is 0 Å². The molecule has 0 aliphatic heterocycles. The monoisotopic (exact) mass is 285 g/mol. The Labute approximate surface area is 123 Å². The van der Waals surface area contributed by atoms with E-state index in [1.54, 1.807) is 11.3 Å². The Hall–Kier alpha value is -1.58. The minimum absolute atomic E-state index is 0.194. The van der Waals surface area contributed by atoms with Crippen LogP contribution < -0.4 is 5.32 Å². The van der Waals surface area contributed by atoms with Crippen LogP contribution in [0.3, 0.4) is 0 Å². The molecular formula is C17H19NOS. The van der Waals surface area contributed by atoms with E-state index in [1.165, 1.54) is 21.2 Å². The van der Waals surface area contributed by atoms with E-state index in [9.17, 15) is 0 Å². The molecule has 0 amide bonds. The molecule has 1 atom stereocenters. The van der Waals surface area contributed by atoms with Crippen LogP contribution >= 0.6 is 11.3 Å². The summed E-state index contributed by atoms with van der Waals surface area (Å²) in [5.74, 6) is 1.97. The van der Waals surface area contributed by atoms with E-state index in [0.717, 1.165) is 18.1 Å². The lowest BCUT2D eigenvalue weighted by atomic mass is 9.98. The third-order valence-electron chi connectivity index (χ3n) is 3.62. The van der Waals surface area contributed by atoms with Gasteiger partial charge in [0.2, 0.25) is 0 Å². The van der Waals surface area contributed by atoms with Crippen LogP contribution in [0.5, 0.6) is 0 Å². The summed E-state index contributed by atoms with van der Waals surface area (Å²) in [7, 11) is 0. The van der Waals surface area contributed by atoms with Gasteiger partial charge < -0.3 is 9.73 Å². The average Bonchev–Trinajstić information content (AvgIpc) is 3.02. The lowest BCUT2D eigenvalue weighted by molar-refractivity contribution is 0.495. The Bertz CT molecular complexity index is 726. The van der Waals surface area contributed by atoms with E-state index in [1.807, 2.05) is 13.8 Å². The number of hydrogen-bond acceptors (Lipinski definition) is 3. The fraction of sp³-hybridized carbons (Fsp3) is 0.294. The Morgan fingerprint density at radius 2 is 2.05 bits per heavy atom. The smallest absolute Gasteiger partial charge is 0.106 e. The van der Waals surface area contributed by atoms with E-state index in [2.05, 4.69) is 48.0 Å². The van der Waals surface area contributed by atoms with Crippen LogP contribution in [-0.4, -0.2) is 6.54 Å². The van der Waals surface area contributed by atoms with Crippen LogP contribution in [0.2, 0.25) is 0 Å². The van der Waals surface area contributed by atoms with Gasteiger partial charge in [0, 0.05) is 10.3 Å². The van der Waals surface area contributed by atoms with Crippen molar-refractivity contribution in [1.82, 2.24) is 5.32 Å². The van der Waals surface area contributed by atoms with E-state index in [0.29, 0.717) is 0 Å². The Kier molecular flexibility index (Phi) is 3.64. The summed E-state index contributed by atoms with van der Waals surface area (Å²) >= 11 is 1.80. The largest absolute Gasteiger partial charge is 0.466 e. The predicted octanol–water partition coefficient (Wildman–Crippen LogP) is 4.81. The summed E-state index contributed by atoms with van der Waals surface area (Å²) in [5, 5.41) is 7.07. The number of furan rings is 1. The molecule has 20 heavy (non-hydrogen) atoms. The molecule has 3 rings (SSSR count). The molecule has 0 radical (unpaired) electrons. The van der Waals surface area contributed by atoms with Crippen LogP contribution in [0.4, 0.5) is 0 Å². The molecule has 0 aliphatic rings. The minimum Gasteiger partial charge on any atom is -0.466 e. The maximum atomic E-state index is 5.72. The topological polar surface area (TPSA) is 25.2 Å². The first-order valence-electron chi connectivity index (χ1n) is 6.97. The number of nitrogens with one attached hydrogen (secondary N) is 1. The highest BCUT2D eigenvalue weighted by molar-refractivity contribution is 7.17. The molecule has 0 fully saturated rings. The van der Waals surface area contributed by atoms with Crippen LogP contribution in [0.25, 0.3) is 10.1 Å². The van der Waals surface area contributed by atoms with Crippen LogP contribution in [0.15, 0.2) is 40.1 Å². The zero-order chi connectivity index (χ0) is 14.1. The quantitative estimate of drug-likeness (QED) is 0.744. The summed E-state index contributed by atoms with van der Waals surface area (Å²) in [6, 6.07) is 11.0. The number of aryl methyl sites for hydroxylation is 2. The fourth-order valence-electron chi connectivity index (χ4n) is 2.77. The van der Waals surface area contributed by atoms with Gasteiger partial charge in [-0.2, -0.15) is 0 Å². The average molecular weight is 285 g/mol. The van der Waals surface area contributed by atoms with Crippen molar-refractivity contribution in [1.29, 1.82) is 0 Å². The first-order valence-corrected chi connectivity index (χ1v) is 7.85. The number of hydrogen-bond donors (Lipinski definition) is 1. The summed E-state index contributed by atoms with van der Waals surface area (Å²) in [4.78, 5) is 0. The van der Waals surface area contributed by atoms with Gasteiger partial charge in [-0.3, -0.25) is 0 Å². The normalized spacial score (nSPS) is 12.9. The van der Waals surface area contributed by atoms with E-state index in [4.69, 9.17) is 4.42 Å². The molecule has 3 heteroatoms. The Morgan fingerprint density at radius 3 is 2.75 bits per heavy atom. The van der Waals surface area contributed by atoms with Crippen molar-refractivity contribution in [2.75, 3.05) is 6.54 Å². The van der Waals surface area contributed by atoms with Gasteiger partial charge >= 0.3 is 0 Å². The van der Waals surface area contributed by atoms with E-state index in [-0.39, 0.29) is 6.04 Å². The molecule has 0 saturated carbocycles. The van der Waals surface area contributed by atoms with Gasteiger partial charge in [0.25, 0.3) is 0 Å². The molecule has 2 aromatic heterocycles. The second-order valence-electron chi connectivity index (χ2n) is 5.05. The van der Waals surface area contributed by atoms with Crippen molar-refractivity contribution in [2.24, 2.45) is 0 Å². The van der Waals surface area contributed by atoms with Crippen molar-refractivity contribution in [3.8, 4) is 0 Å². The van der Waals surface area contributed by atoms with Gasteiger partial charge in [-0.15, -0.1) is 11.3 Å². The van der Waals surface area contributed by atoms with Gasteiger partial charge in [-0.1, -0.05) is 25.1 Å². The molecule has 1 N–H and O–H groups in total. The van der Waals surface area contributed by atoms with Gasteiger partial charge in [0.15, 0.2) is 0 Å². The SMILES string of the molecule is CCNC(c1cc(C)oc1C)c1cccc2ccsc12. The molecule has 2 heterocycles. The molecule has 1 aromatic carbocycles. The van der Waals surface area contributed by atoms with Crippen molar-refractivity contribution >= 4 is 21.4 Å². The summed E-state index contributed by atoms with van der Waals surface area (Å²) in [5.41, 5.74) is 2.58. The molecule has 0 aliphatic carbocycles. The molecule has 1 unspecified atom stereocenters. The summed E-state index contributed by atoms with van der Waals surface area (Å²) in [6.45, 7) is 7.12. The standard InChI is InChI=1S/C17H19NOS/c1-4-18-16(15-10-11(2)19-12(15)3)14-7-5-6-13-8-9-20-17(13)14/h5-10,16,18H,4H2,1-3H3. The van der Waals surface area contributed by atoms with Crippen molar-refractivity contribution < 1.29 is 4.42 Å². The zero-order valence-corrected chi connectivity index (χ0v) is 12.9. The first kappa shape index (κ1) is 13.4. The highest BCUT2D eigenvalue weighted by atomic mass is 32.1. The molecule has 0 spiro atoms. The summed E-state index contributed by atoms with van der Waals surface area (Å²) < 4.78 is 7.08. The predicted molar refractivity (Wildman–Crippen MR) is 85.5 cm³/mol.